The van der Waals surface area contributed by atoms with Crippen LogP contribution < -0.4 is 4.72 Å². The third-order valence-corrected chi connectivity index (χ3v) is 4.18. The third kappa shape index (κ3) is 4.62. The Bertz CT molecular complexity index is 542. The fourth-order valence-corrected chi connectivity index (χ4v) is 2.48. The number of rotatable bonds is 7. The zero-order valence-corrected chi connectivity index (χ0v) is 11.8. The van der Waals surface area contributed by atoms with Gasteiger partial charge in [-0.2, -0.15) is 0 Å². The lowest BCUT2D eigenvalue weighted by molar-refractivity contribution is 0.0696. The molecule has 1 rings (SSSR count). The second-order valence-electron chi connectivity index (χ2n) is 4.13. The highest BCUT2D eigenvalue weighted by Gasteiger charge is 2.15. The van der Waals surface area contributed by atoms with E-state index in [1.807, 2.05) is 18.9 Å². The Balaban J connectivity index is 2.77. The normalized spacial score (nSPS) is 11.7. The number of carbonyl (C=O) groups is 1. The van der Waals surface area contributed by atoms with E-state index in [2.05, 4.69) is 4.72 Å². The minimum Gasteiger partial charge on any atom is -0.478 e. The molecule has 1 aromatic rings. The van der Waals surface area contributed by atoms with Crippen LogP contribution in [0.5, 0.6) is 0 Å². The second kappa shape index (κ2) is 6.65. The molecular formula is C12H18N2O4S. The maximum Gasteiger partial charge on any atom is 0.335 e. The summed E-state index contributed by atoms with van der Waals surface area (Å²) in [5.41, 5.74) is -0.0476. The van der Waals surface area contributed by atoms with Crippen molar-refractivity contribution >= 4 is 16.0 Å². The van der Waals surface area contributed by atoms with Gasteiger partial charge in [-0.1, -0.05) is 13.0 Å². The Kier molecular flexibility index (Phi) is 5.46. The van der Waals surface area contributed by atoms with Gasteiger partial charge in [-0.3, -0.25) is 0 Å². The Labute approximate surface area is 113 Å². The molecule has 0 amide bonds. The number of sulfonamides is 1. The van der Waals surface area contributed by atoms with Gasteiger partial charge in [0.1, 0.15) is 0 Å². The molecule has 0 bridgehead atoms. The highest BCUT2D eigenvalue weighted by Crippen LogP contribution is 2.11. The highest BCUT2D eigenvalue weighted by molar-refractivity contribution is 7.89. The average Bonchev–Trinajstić information content (AvgIpc) is 2.38. The smallest absolute Gasteiger partial charge is 0.335 e. The van der Waals surface area contributed by atoms with E-state index in [0.29, 0.717) is 6.54 Å². The largest absolute Gasteiger partial charge is 0.478 e. The van der Waals surface area contributed by atoms with Crippen molar-refractivity contribution in [1.29, 1.82) is 0 Å². The number of nitrogens with one attached hydrogen (secondary N) is 1. The van der Waals surface area contributed by atoms with Gasteiger partial charge in [0.25, 0.3) is 0 Å². The van der Waals surface area contributed by atoms with Gasteiger partial charge in [0.05, 0.1) is 10.5 Å². The van der Waals surface area contributed by atoms with Crippen molar-refractivity contribution in [2.45, 2.75) is 11.8 Å². The summed E-state index contributed by atoms with van der Waals surface area (Å²) in [7, 11) is -1.77. The third-order valence-electron chi connectivity index (χ3n) is 2.72. The minimum atomic E-state index is -3.66. The predicted octanol–water partition coefficient (Wildman–Crippen LogP) is 0.615. The number of carboxylic acid groups (broad SMARTS) is 1. The summed E-state index contributed by atoms with van der Waals surface area (Å²) in [6, 6.07) is 5.29. The topological polar surface area (TPSA) is 86.7 Å². The molecule has 0 atom stereocenters. The first-order chi connectivity index (χ1) is 8.86. The highest BCUT2D eigenvalue weighted by atomic mass is 32.2. The van der Waals surface area contributed by atoms with Crippen LogP contribution in [0, 0.1) is 0 Å². The molecule has 0 unspecified atom stereocenters. The molecule has 7 heteroatoms. The Hall–Kier alpha value is -1.44. The number of aromatic carboxylic acids is 1. The zero-order valence-electron chi connectivity index (χ0n) is 11.0. The molecule has 1 aromatic carbocycles. The molecule has 0 saturated carbocycles. The standard InChI is InChI=1S/C12H18N2O4S/c1-3-14(2)8-7-13-19(17,18)11-6-4-5-10(9-11)12(15)16/h4-6,9,13H,3,7-8H2,1-2H3,(H,15,16). The van der Waals surface area contributed by atoms with E-state index < -0.39 is 16.0 Å². The van der Waals surface area contributed by atoms with Gasteiger partial charge >= 0.3 is 5.97 Å². The molecule has 106 valence electrons. The van der Waals surface area contributed by atoms with Crippen LogP contribution in [-0.2, 0) is 10.0 Å². The number of nitrogens with zero attached hydrogens (tertiary/aromatic N) is 1. The first-order valence-electron chi connectivity index (χ1n) is 5.88. The molecule has 0 aromatic heterocycles. The summed E-state index contributed by atoms with van der Waals surface area (Å²) < 4.78 is 26.4. The van der Waals surface area contributed by atoms with Crippen LogP contribution in [0.25, 0.3) is 0 Å². The molecule has 0 fully saturated rings. The lowest BCUT2D eigenvalue weighted by Gasteiger charge is -2.14. The van der Waals surface area contributed by atoms with Crippen molar-refractivity contribution in [2.75, 3.05) is 26.7 Å². The van der Waals surface area contributed by atoms with E-state index in [4.69, 9.17) is 5.11 Å². The fraction of sp³-hybridized carbons (Fsp3) is 0.417. The molecular weight excluding hydrogens is 268 g/mol. The van der Waals surface area contributed by atoms with Gasteiger partial charge in [0.2, 0.25) is 10.0 Å². The van der Waals surface area contributed by atoms with Crippen molar-refractivity contribution in [2.24, 2.45) is 0 Å². The molecule has 0 spiro atoms. The predicted molar refractivity (Wildman–Crippen MR) is 71.8 cm³/mol. The first kappa shape index (κ1) is 15.6. The van der Waals surface area contributed by atoms with E-state index in [1.54, 1.807) is 0 Å². The number of hydrogen-bond donors (Lipinski definition) is 2. The Morgan fingerprint density at radius 1 is 1.42 bits per heavy atom. The molecule has 0 aliphatic carbocycles. The lowest BCUT2D eigenvalue weighted by Crippen LogP contribution is -2.33. The molecule has 6 nitrogen and oxygen atoms in total. The van der Waals surface area contributed by atoms with Gasteiger partial charge in [-0.25, -0.2) is 17.9 Å². The quantitative estimate of drug-likeness (QED) is 0.767. The molecule has 0 aliphatic heterocycles. The van der Waals surface area contributed by atoms with E-state index in [-0.39, 0.29) is 17.0 Å². The van der Waals surface area contributed by atoms with E-state index in [1.165, 1.54) is 18.2 Å². The van der Waals surface area contributed by atoms with E-state index in [9.17, 15) is 13.2 Å². The first-order valence-corrected chi connectivity index (χ1v) is 7.36. The lowest BCUT2D eigenvalue weighted by atomic mass is 10.2. The van der Waals surface area contributed by atoms with Gasteiger partial charge < -0.3 is 10.0 Å². The molecule has 19 heavy (non-hydrogen) atoms. The minimum absolute atomic E-state index is 0.0356. The van der Waals surface area contributed by atoms with Crippen molar-refractivity contribution in [3.63, 3.8) is 0 Å². The van der Waals surface area contributed by atoms with Crippen LogP contribution in [0.1, 0.15) is 17.3 Å². The number of likely N-dealkylation sites (N-methyl/N-ethyl adjacent to an activating group) is 1. The van der Waals surface area contributed by atoms with Crippen molar-refractivity contribution in [3.8, 4) is 0 Å². The monoisotopic (exact) mass is 286 g/mol. The Morgan fingerprint density at radius 2 is 2.11 bits per heavy atom. The van der Waals surface area contributed by atoms with Gasteiger partial charge in [0.15, 0.2) is 0 Å². The van der Waals surface area contributed by atoms with Crippen LogP contribution in [0.4, 0.5) is 0 Å². The van der Waals surface area contributed by atoms with Gasteiger partial charge in [-0.05, 0) is 31.8 Å². The Morgan fingerprint density at radius 3 is 2.68 bits per heavy atom. The van der Waals surface area contributed by atoms with Crippen LogP contribution in [0.2, 0.25) is 0 Å². The summed E-state index contributed by atoms with van der Waals surface area (Å²) in [5, 5.41) is 8.83. The van der Waals surface area contributed by atoms with Gasteiger partial charge in [-0.15, -0.1) is 0 Å². The second-order valence-corrected chi connectivity index (χ2v) is 5.89. The SMILES string of the molecule is CCN(C)CCNS(=O)(=O)c1cccc(C(=O)O)c1. The summed E-state index contributed by atoms with van der Waals surface area (Å²) in [6.45, 7) is 3.68. The van der Waals surface area contributed by atoms with Crippen LogP contribution in [-0.4, -0.2) is 51.1 Å². The van der Waals surface area contributed by atoms with E-state index in [0.717, 1.165) is 12.6 Å². The van der Waals surface area contributed by atoms with Gasteiger partial charge in [0, 0.05) is 13.1 Å². The zero-order chi connectivity index (χ0) is 14.5. The maximum atomic E-state index is 12.0. The maximum absolute atomic E-state index is 12.0. The van der Waals surface area contributed by atoms with Crippen LogP contribution in [0.15, 0.2) is 29.2 Å². The van der Waals surface area contributed by atoms with Crippen LogP contribution in [0.3, 0.4) is 0 Å². The average molecular weight is 286 g/mol. The van der Waals surface area contributed by atoms with Crippen molar-refractivity contribution in [3.05, 3.63) is 29.8 Å². The molecule has 0 heterocycles. The number of carboxylic acids is 1. The number of benzene rings is 1. The molecule has 0 aliphatic rings. The van der Waals surface area contributed by atoms with E-state index >= 15 is 0 Å². The van der Waals surface area contributed by atoms with Crippen molar-refractivity contribution in [1.82, 2.24) is 9.62 Å². The fourth-order valence-electron chi connectivity index (χ4n) is 1.41. The van der Waals surface area contributed by atoms with Crippen LogP contribution >= 0.6 is 0 Å². The number of hydrogen-bond acceptors (Lipinski definition) is 4. The summed E-state index contributed by atoms with van der Waals surface area (Å²) >= 11 is 0. The summed E-state index contributed by atoms with van der Waals surface area (Å²) in [5.74, 6) is -1.15. The molecule has 2 N–H and O–H groups in total. The summed E-state index contributed by atoms with van der Waals surface area (Å²) in [4.78, 5) is 12.7. The summed E-state index contributed by atoms with van der Waals surface area (Å²) in [6.07, 6.45) is 0. The molecule has 0 saturated heterocycles. The molecule has 0 radical (unpaired) electrons. The van der Waals surface area contributed by atoms with Crippen molar-refractivity contribution < 1.29 is 18.3 Å².